The number of rotatable bonds is 1. The zero-order valence-corrected chi connectivity index (χ0v) is 8.15. The Balaban J connectivity index is 2.11. The van der Waals surface area contributed by atoms with Gasteiger partial charge in [0.05, 0.1) is 5.38 Å². The van der Waals surface area contributed by atoms with E-state index >= 15 is 0 Å². The molecule has 2 aliphatic rings. The van der Waals surface area contributed by atoms with E-state index in [4.69, 9.17) is 23.2 Å². The molecule has 0 bridgehead atoms. The molecule has 1 aliphatic carbocycles. The summed E-state index contributed by atoms with van der Waals surface area (Å²) >= 11 is 12.2. The zero-order valence-electron chi connectivity index (χ0n) is 6.63. The fraction of sp³-hybridized carbons (Fsp3) is 0.556. The molecule has 0 aromatic rings. The molecule has 0 amide bonds. The number of allylic oxidation sites excluding steroid dienone is 4. The Morgan fingerprint density at radius 1 is 1.42 bits per heavy atom. The lowest BCUT2D eigenvalue weighted by Gasteiger charge is -2.37. The van der Waals surface area contributed by atoms with Crippen LogP contribution >= 0.6 is 23.2 Å². The Bertz CT molecular complexity index is 231. The van der Waals surface area contributed by atoms with Crippen LogP contribution in [0.25, 0.3) is 0 Å². The monoisotopic (exact) mass is 203 g/mol. The van der Waals surface area contributed by atoms with Gasteiger partial charge in [-0.3, -0.25) is 0 Å². The molecule has 1 N–H and O–H groups in total. The number of nitrogens with one attached hydrogen (secondary N) is 1. The highest BCUT2D eigenvalue weighted by Gasteiger charge is 2.34. The fourth-order valence-electron chi connectivity index (χ4n) is 1.69. The van der Waals surface area contributed by atoms with Gasteiger partial charge in [-0.15, -0.1) is 11.6 Å². The first kappa shape index (κ1) is 8.61. The second-order valence-corrected chi connectivity index (χ2v) is 4.27. The van der Waals surface area contributed by atoms with E-state index in [0.29, 0.717) is 11.8 Å². The predicted octanol–water partition coefficient (Wildman–Crippen LogP) is 2.12. The minimum absolute atomic E-state index is 0.0783. The Kier molecular flexibility index (Phi) is 2.44. The van der Waals surface area contributed by atoms with Crippen molar-refractivity contribution in [2.24, 2.45) is 11.8 Å². The Morgan fingerprint density at radius 2 is 2.17 bits per heavy atom. The third-order valence-corrected chi connectivity index (χ3v) is 3.33. The maximum Gasteiger partial charge on any atom is 0.0599 e. The number of hydrogen-bond donors (Lipinski definition) is 1. The lowest BCUT2D eigenvalue weighted by atomic mass is 9.82. The first-order valence-electron chi connectivity index (χ1n) is 4.17. The minimum Gasteiger partial charge on any atom is -0.316 e. The average Bonchev–Trinajstić information content (AvgIpc) is 1.93. The van der Waals surface area contributed by atoms with Crippen molar-refractivity contribution in [3.05, 3.63) is 23.3 Å². The van der Waals surface area contributed by atoms with Crippen molar-refractivity contribution in [3.63, 3.8) is 0 Å². The largest absolute Gasteiger partial charge is 0.316 e. The molecular formula is C9H11Cl2N. The molecule has 3 heteroatoms. The van der Waals surface area contributed by atoms with Gasteiger partial charge in [-0.05, 0) is 25.1 Å². The van der Waals surface area contributed by atoms with Crippen molar-refractivity contribution in [1.29, 1.82) is 0 Å². The summed E-state index contributed by atoms with van der Waals surface area (Å²) in [5, 5.41) is 4.22. The van der Waals surface area contributed by atoms with Gasteiger partial charge in [0.25, 0.3) is 0 Å². The molecule has 0 saturated carbocycles. The highest BCUT2D eigenvalue weighted by atomic mass is 35.5. The second-order valence-electron chi connectivity index (χ2n) is 3.32. The molecule has 0 spiro atoms. The Morgan fingerprint density at radius 3 is 2.67 bits per heavy atom. The van der Waals surface area contributed by atoms with E-state index in [2.05, 4.69) is 5.32 Å². The smallest absolute Gasteiger partial charge is 0.0599 e. The molecule has 66 valence electrons. The van der Waals surface area contributed by atoms with Crippen molar-refractivity contribution in [2.45, 2.75) is 5.38 Å². The first-order valence-corrected chi connectivity index (χ1v) is 4.99. The number of alkyl halides is 1. The van der Waals surface area contributed by atoms with Gasteiger partial charge in [0.1, 0.15) is 0 Å². The van der Waals surface area contributed by atoms with Crippen LogP contribution in [0.4, 0.5) is 0 Å². The molecule has 12 heavy (non-hydrogen) atoms. The Labute approximate surface area is 82.4 Å². The van der Waals surface area contributed by atoms with Crippen LogP contribution in [0.1, 0.15) is 0 Å². The van der Waals surface area contributed by atoms with E-state index < -0.39 is 0 Å². The molecular weight excluding hydrogens is 193 g/mol. The lowest BCUT2D eigenvalue weighted by Crippen LogP contribution is -2.48. The predicted molar refractivity (Wildman–Crippen MR) is 52.6 cm³/mol. The summed E-state index contributed by atoms with van der Waals surface area (Å²) < 4.78 is 0. The molecule has 1 saturated heterocycles. The van der Waals surface area contributed by atoms with Gasteiger partial charge in [-0.2, -0.15) is 0 Å². The van der Waals surface area contributed by atoms with Crippen LogP contribution in [0.5, 0.6) is 0 Å². The van der Waals surface area contributed by atoms with Crippen LogP contribution < -0.4 is 5.32 Å². The molecule has 1 aliphatic heterocycles. The van der Waals surface area contributed by atoms with E-state index in [1.807, 2.05) is 18.2 Å². The molecule has 0 aromatic carbocycles. The van der Waals surface area contributed by atoms with Crippen LogP contribution in [0.2, 0.25) is 0 Å². The molecule has 1 heterocycles. The highest BCUT2D eigenvalue weighted by molar-refractivity contribution is 6.31. The summed E-state index contributed by atoms with van der Waals surface area (Å²) in [5.41, 5.74) is 0. The molecule has 2 atom stereocenters. The maximum absolute atomic E-state index is 6.15. The fourth-order valence-corrected chi connectivity index (χ4v) is 2.56. The third kappa shape index (κ3) is 1.41. The lowest BCUT2D eigenvalue weighted by molar-refractivity contribution is 0.270. The summed E-state index contributed by atoms with van der Waals surface area (Å²) in [6, 6.07) is 0. The molecule has 0 aromatic heterocycles. The first-order chi connectivity index (χ1) is 5.79. The van der Waals surface area contributed by atoms with Crippen molar-refractivity contribution in [2.75, 3.05) is 13.1 Å². The third-order valence-electron chi connectivity index (χ3n) is 2.53. The van der Waals surface area contributed by atoms with Crippen molar-refractivity contribution >= 4 is 23.2 Å². The maximum atomic E-state index is 6.15. The van der Waals surface area contributed by atoms with E-state index in [1.54, 1.807) is 0 Å². The van der Waals surface area contributed by atoms with Crippen molar-refractivity contribution in [3.8, 4) is 0 Å². The van der Waals surface area contributed by atoms with Gasteiger partial charge < -0.3 is 5.32 Å². The van der Waals surface area contributed by atoms with E-state index in [-0.39, 0.29) is 5.38 Å². The minimum atomic E-state index is 0.0783. The van der Waals surface area contributed by atoms with Gasteiger partial charge in [-0.1, -0.05) is 23.8 Å². The zero-order chi connectivity index (χ0) is 8.55. The quantitative estimate of drug-likeness (QED) is 0.645. The standard InChI is InChI=1S/C9H11Cl2N/c10-7-2-1-3-8(11)9(7)6-4-12-5-6/h1-3,6-7,9,12H,4-5H2. The SMILES string of the molecule is ClC1=CC=CC(Cl)C1C1CNC1. The summed E-state index contributed by atoms with van der Waals surface area (Å²) in [5.74, 6) is 0.959. The molecule has 2 rings (SSSR count). The summed E-state index contributed by atoms with van der Waals surface area (Å²) in [4.78, 5) is 0. The summed E-state index contributed by atoms with van der Waals surface area (Å²) in [7, 11) is 0. The second kappa shape index (κ2) is 3.41. The van der Waals surface area contributed by atoms with Gasteiger partial charge in [0.15, 0.2) is 0 Å². The van der Waals surface area contributed by atoms with Crippen molar-refractivity contribution < 1.29 is 0 Å². The van der Waals surface area contributed by atoms with E-state index in [9.17, 15) is 0 Å². The van der Waals surface area contributed by atoms with Crippen LogP contribution in [0.3, 0.4) is 0 Å². The van der Waals surface area contributed by atoms with Crippen LogP contribution in [-0.4, -0.2) is 18.5 Å². The molecule has 1 fully saturated rings. The number of halogens is 2. The molecule has 2 unspecified atom stereocenters. The normalized spacial score (nSPS) is 36.0. The molecule has 0 radical (unpaired) electrons. The van der Waals surface area contributed by atoms with Gasteiger partial charge in [0.2, 0.25) is 0 Å². The van der Waals surface area contributed by atoms with Crippen molar-refractivity contribution in [1.82, 2.24) is 5.32 Å². The molecule has 1 nitrogen and oxygen atoms in total. The van der Waals surface area contributed by atoms with Gasteiger partial charge in [-0.25, -0.2) is 0 Å². The van der Waals surface area contributed by atoms with E-state index in [0.717, 1.165) is 18.1 Å². The topological polar surface area (TPSA) is 12.0 Å². The van der Waals surface area contributed by atoms with Gasteiger partial charge in [0, 0.05) is 11.0 Å². The van der Waals surface area contributed by atoms with E-state index in [1.165, 1.54) is 0 Å². The van der Waals surface area contributed by atoms with Crippen LogP contribution in [0, 0.1) is 11.8 Å². The average molecular weight is 204 g/mol. The summed E-state index contributed by atoms with van der Waals surface area (Å²) in [6.07, 6.45) is 5.89. The summed E-state index contributed by atoms with van der Waals surface area (Å²) in [6.45, 7) is 2.09. The van der Waals surface area contributed by atoms with Crippen LogP contribution in [0.15, 0.2) is 23.3 Å². The van der Waals surface area contributed by atoms with Gasteiger partial charge >= 0.3 is 0 Å². The highest BCUT2D eigenvalue weighted by Crippen LogP contribution is 2.35. The number of hydrogen-bond acceptors (Lipinski definition) is 1. The Hall–Kier alpha value is 0.0200. The van der Waals surface area contributed by atoms with Crippen LogP contribution in [-0.2, 0) is 0 Å².